The van der Waals surface area contributed by atoms with Crippen LogP contribution in [-0.2, 0) is 11.2 Å². The van der Waals surface area contributed by atoms with Crippen LogP contribution >= 0.6 is 11.8 Å². The summed E-state index contributed by atoms with van der Waals surface area (Å²) in [7, 11) is 1.68. The summed E-state index contributed by atoms with van der Waals surface area (Å²) in [6, 6.07) is 6.10. The van der Waals surface area contributed by atoms with Crippen molar-refractivity contribution in [3.8, 4) is 5.75 Å². The van der Waals surface area contributed by atoms with Gasteiger partial charge in [-0.3, -0.25) is 10.1 Å². The first-order valence-electron chi connectivity index (χ1n) is 6.43. The molecule has 2 N–H and O–H groups in total. The zero-order valence-corrected chi connectivity index (χ0v) is 12.2. The van der Waals surface area contributed by atoms with Gasteiger partial charge < -0.3 is 10.1 Å². The fraction of sp³-hybridized carbons (Fsp3) is 0.500. The molecule has 1 heterocycles. The standard InChI is InChI=1S/C14H20N2O2S/c1-10-7-11(3-4-13(10)18-2)5-6-15-14(17)12-8-19-9-16-12/h3-4,7,12,16H,5-6,8-9H2,1-2H3,(H,15,17). The van der Waals surface area contributed by atoms with Gasteiger partial charge in [0, 0.05) is 18.2 Å². The molecule has 0 bridgehead atoms. The second-order valence-electron chi connectivity index (χ2n) is 4.62. The van der Waals surface area contributed by atoms with Gasteiger partial charge in [-0.05, 0) is 30.5 Å². The minimum Gasteiger partial charge on any atom is -0.496 e. The molecule has 1 amide bonds. The van der Waals surface area contributed by atoms with Crippen LogP contribution in [0.2, 0.25) is 0 Å². The molecular weight excluding hydrogens is 260 g/mol. The average Bonchev–Trinajstić information content (AvgIpc) is 2.93. The first-order valence-corrected chi connectivity index (χ1v) is 7.58. The summed E-state index contributed by atoms with van der Waals surface area (Å²) < 4.78 is 5.23. The van der Waals surface area contributed by atoms with Crippen molar-refractivity contribution < 1.29 is 9.53 Å². The summed E-state index contributed by atoms with van der Waals surface area (Å²) in [5.41, 5.74) is 2.34. The summed E-state index contributed by atoms with van der Waals surface area (Å²) in [6.07, 6.45) is 0.844. The monoisotopic (exact) mass is 280 g/mol. The maximum absolute atomic E-state index is 11.8. The summed E-state index contributed by atoms with van der Waals surface area (Å²) in [5.74, 6) is 2.75. The van der Waals surface area contributed by atoms with Crippen LogP contribution in [0.15, 0.2) is 18.2 Å². The fourth-order valence-corrected chi connectivity index (χ4v) is 3.05. The first kappa shape index (κ1) is 14.2. The lowest BCUT2D eigenvalue weighted by molar-refractivity contribution is -0.122. The van der Waals surface area contributed by atoms with Gasteiger partial charge in [0.15, 0.2) is 0 Å². The van der Waals surface area contributed by atoms with E-state index in [4.69, 9.17) is 4.74 Å². The molecule has 1 fully saturated rings. The smallest absolute Gasteiger partial charge is 0.238 e. The van der Waals surface area contributed by atoms with E-state index in [1.54, 1.807) is 18.9 Å². The van der Waals surface area contributed by atoms with Crippen molar-refractivity contribution in [1.82, 2.24) is 10.6 Å². The summed E-state index contributed by atoms with van der Waals surface area (Å²) in [5, 5.41) is 6.14. The number of amides is 1. The Bertz CT molecular complexity index is 445. The maximum Gasteiger partial charge on any atom is 0.238 e. The number of thioether (sulfide) groups is 1. The van der Waals surface area contributed by atoms with Gasteiger partial charge in [-0.2, -0.15) is 0 Å². The quantitative estimate of drug-likeness (QED) is 0.854. The Morgan fingerprint density at radius 1 is 1.58 bits per heavy atom. The predicted molar refractivity (Wildman–Crippen MR) is 78.7 cm³/mol. The van der Waals surface area contributed by atoms with E-state index in [9.17, 15) is 4.79 Å². The number of aryl methyl sites for hydroxylation is 1. The lowest BCUT2D eigenvalue weighted by Crippen LogP contribution is -2.42. The van der Waals surface area contributed by atoms with Crippen LogP contribution in [0.1, 0.15) is 11.1 Å². The molecule has 104 valence electrons. The number of rotatable bonds is 5. The van der Waals surface area contributed by atoms with Crippen LogP contribution in [0.25, 0.3) is 0 Å². The van der Waals surface area contributed by atoms with Crippen LogP contribution in [0.4, 0.5) is 0 Å². The number of benzene rings is 1. The SMILES string of the molecule is COc1ccc(CCNC(=O)C2CSCN2)cc1C. The van der Waals surface area contributed by atoms with Crippen molar-refractivity contribution in [2.75, 3.05) is 25.3 Å². The van der Waals surface area contributed by atoms with Gasteiger partial charge in [-0.25, -0.2) is 0 Å². The Morgan fingerprint density at radius 3 is 3.05 bits per heavy atom. The topological polar surface area (TPSA) is 50.4 Å². The number of hydrogen-bond donors (Lipinski definition) is 2. The van der Waals surface area contributed by atoms with Gasteiger partial charge in [0.25, 0.3) is 0 Å². The number of nitrogens with one attached hydrogen (secondary N) is 2. The molecule has 1 aliphatic heterocycles. The number of hydrogen-bond acceptors (Lipinski definition) is 4. The molecule has 5 heteroatoms. The van der Waals surface area contributed by atoms with Gasteiger partial charge in [-0.15, -0.1) is 11.8 Å². The minimum atomic E-state index is -0.0254. The Kier molecular flexibility index (Phi) is 5.10. The summed E-state index contributed by atoms with van der Waals surface area (Å²) >= 11 is 1.76. The lowest BCUT2D eigenvalue weighted by Gasteiger charge is -2.11. The van der Waals surface area contributed by atoms with E-state index in [1.807, 2.05) is 19.1 Å². The third kappa shape index (κ3) is 3.88. The van der Waals surface area contributed by atoms with Gasteiger partial charge in [0.1, 0.15) is 5.75 Å². The molecule has 0 aliphatic carbocycles. The highest BCUT2D eigenvalue weighted by atomic mass is 32.2. The Hall–Kier alpha value is -1.20. The van der Waals surface area contributed by atoms with E-state index in [0.717, 1.165) is 29.4 Å². The summed E-state index contributed by atoms with van der Waals surface area (Å²) in [6.45, 7) is 2.70. The van der Waals surface area contributed by atoms with Crippen LogP contribution < -0.4 is 15.4 Å². The largest absolute Gasteiger partial charge is 0.496 e. The fourth-order valence-electron chi connectivity index (χ4n) is 2.11. The van der Waals surface area contributed by atoms with Crippen molar-refractivity contribution in [1.29, 1.82) is 0 Å². The molecule has 1 saturated heterocycles. The summed E-state index contributed by atoms with van der Waals surface area (Å²) in [4.78, 5) is 11.8. The third-order valence-corrected chi connectivity index (χ3v) is 4.14. The molecule has 0 aromatic heterocycles. The van der Waals surface area contributed by atoms with E-state index >= 15 is 0 Å². The van der Waals surface area contributed by atoms with Crippen LogP contribution in [-0.4, -0.2) is 37.2 Å². The molecule has 1 atom stereocenters. The molecule has 1 aromatic rings. The Balaban J connectivity index is 1.79. The van der Waals surface area contributed by atoms with Gasteiger partial charge in [-0.1, -0.05) is 12.1 Å². The maximum atomic E-state index is 11.8. The van der Waals surface area contributed by atoms with E-state index in [2.05, 4.69) is 16.7 Å². The van der Waals surface area contributed by atoms with Crippen LogP contribution in [0, 0.1) is 6.92 Å². The molecule has 19 heavy (non-hydrogen) atoms. The average molecular weight is 280 g/mol. The molecule has 0 radical (unpaired) electrons. The minimum absolute atomic E-state index is 0.0254. The molecule has 0 saturated carbocycles. The zero-order chi connectivity index (χ0) is 13.7. The van der Waals surface area contributed by atoms with E-state index in [0.29, 0.717) is 6.54 Å². The second-order valence-corrected chi connectivity index (χ2v) is 5.65. The number of carbonyl (C=O) groups is 1. The molecule has 0 spiro atoms. The molecule has 1 aliphatic rings. The molecule has 2 rings (SSSR count). The number of carbonyl (C=O) groups excluding carboxylic acids is 1. The van der Waals surface area contributed by atoms with Crippen molar-refractivity contribution in [2.45, 2.75) is 19.4 Å². The second kappa shape index (κ2) is 6.82. The zero-order valence-electron chi connectivity index (χ0n) is 11.4. The van der Waals surface area contributed by atoms with E-state index in [1.165, 1.54) is 5.56 Å². The molecule has 4 nitrogen and oxygen atoms in total. The predicted octanol–water partition coefficient (Wildman–Crippen LogP) is 1.32. The van der Waals surface area contributed by atoms with Crippen molar-refractivity contribution in [3.05, 3.63) is 29.3 Å². The van der Waals surface area contributed by atoms with Crippen molar-refractivity contribution >= 4 is 17.7 Å². The number of ether oxygens (including phenoxy) is 1. The van der Waals surface area contributed by atoms with Crippen molar-refractivity contribution in [3.63, 3.8) is 0 Å². The Labute approximate surface area is 118 Å². The molecular formula is C14H20N2O2S. The first-order chi connectivity index (χ1) is 9.20. The highest BCUT2D eigenvalue weighted by Crippen LogP contribution is 2.18. The molecule has 1 unspecified atom stereocenters. The highest BCUT2D eigenvalue weighted by molar-refractivity contribution is 7.99. The number of methoxy groups -OCH3 is 1. The van der Waals surface area contributed by atoms with Gasteiger partial charge in [0.2, 0.25) is 5.91 Å². The van der Waals surface area contributed by atoms with Crippen molar-refractivity contribution in [2.24, 2.45) is 0 Å². The normalized spacial score (nSPS) is 18.3. The third-order valence-electron chi connectivity index (χ3n) is 3.20. The van der Waals surface area contributed by atoms with Crippen LogP contribution in [0.5, 0.6) is 5.75 Å². The van der Waals surface area contributed by atoms with E-state index < -0.39 is 0 Å². The Morgan fingerprint density at radius 2 is 2.42 bits per heavy atom. The van der Waals surface area contributed by atoms with Crippen LogP contribution in [0.3, 0.4) is 0 Å². The molecule has 1 aromatic carbocycles. The lowest BCUT2D eigenvalue weighted by atomic mass is 10.1. The highest BCUT2D eigenvalue weighted by Gasteiger charge is 2.21. The van der Waals surface area contributed by atoms with Gasteiger partial charge in [0.05, 0.1) is 13.2 Å². The van der Waals surface area contributed by atoms with Gasteiger partial charge >= 0.3 is 0 Å². The van der Waals surface area contributed by atoms with E-state index in [-0.39, 0.29) is 11.9 Å².